The van der Waals surface area contributed by atoms with Gasteiger partial charge in [-0.05, 0) is 36.8 Å². The number of ketones is 1. The van der Waals surface area contributed by atoms with Crippen molar-refractivity contribution in [3.05, 3.63) is 59.2 Å². The van der Waals surface area contributed by atoms with Crippen LogP contribution in [0.4, 0.5) is 10.1 Å². The Balaban J connectivity index is 2.44. The standard InChI is InChI=1S/C13H11FN2O/c1-8-6-9(2-3-12(8)15)13(17)10-4-5-16-7-11(10)14/h2-7H,15H2,1H3. The molecule has 0 bridgehead atoms. The lowest BCUT2D eigenvalue weighted by atomic mass is 10.0. The molecular formula is C13H11FN2O. The van der Waals surface area contributed by atoms with Crippen LogP contribution in [-0.2, 0) is 0 Å². The predicted molar refractivity (Wildman–Crippen MR) is 63.2 cm³/mol. The van der Waals surface area contributed by atoms with E-state index in [-0.39, 0.29) is 11.3 Å². The van der Waals surface area contributed by atoms with Gasteiger partial charge in [0.25, 0.3) is 0 Å². The third kappa shape index (κ3) is 2.15. The number of benzene rings is 1. The van der Waals surface area contributed by atoms with Crippen LogP contribution in [0, 0.1) is 12.7 Å². The number of halogens is 1. The van der Waals surface area contributed by atoms with Crippen molar-refractivity contribution < 1.29 is 9.18 Å². The molecule has 0 aliphatic rings. The number of carbonyl (C=O) groups excluding carboxylic acids is 1. The molecule has 3 nitrogen and oxygen atoms in total. The summed E-state index contributed by atoms with van der Waals surface area (Å²) in [7, 11) is 0. The van der Waals surface area contributed by atoms with E-state index in [2.05, 4.69) is 4.98 Å². The highest BCUT2D eigenvalue weighted by molar-refractivity contribution is 6.09. The summed E-state index contributed by atoms with van der Waals surface area (Å²) in [4.78, 5) is 15.6. The van der Waals surface area contributed by atoms with Gasteiger partial charge in [-0.15, -0.1) is 0 Å². The van der Waals surface area contributed by atoms with Gasteiger partial charge >= 0.3 is 0 Å². The molecule has 1 heterocycles. The largest absolute Gasteiger partial charge is 0.399 e. The van der Waals surface area contributed by atoms with Crippen LogP contribution in [0.25, 0.3) is 0 Å². The van der Waals surface area contributed by atoms with E-state index in [4.69, 9.17) is 5.73 Å². The van der Waals surface area contributed by atoms with Crippen LogP contribution in [0.3, 0.4) is 0 Å². The van der Waals surface area contributed by atoms with Gasteiger partial charge in [-0.25, -0.2) is 4.39 Å². The lowest BCUT2D eigenvalue weighted by molar-refractivity contribution is 0.103. The average molecular weight is 230 g/mol. The first-order chi connectivity index (χ1) is 8.09. The summed E-state index contributed by atoms with van der Waals surface area (Å²) < 4.78 is 13.4. The fourth-order valence-corrected chi connectivity index (χ4v) is 1.53. The number of hydrogen-bond acceptors (Lipinski definition) is 3. The molecule has 0 saturated heterocycles. The van der Waals surface area contributed by atoms with E-state index in [0.717, 1.165) is 11.8 Å². The van der Waals surface area contributed by atoms with Gasteiger partial charge in [0.05, 0.1) is 11.8 Å². The maximum Gasteiger partial charge on any atom is 0.196 e. The second-order valence-corrected chi connectivity index (χ2v) is 3.76. The molecule has 86 valence electrons. The van der Waals surface area contributed by atoms with Crippen LogP contribution >= 0.6 is 0 Å². The Kier molecular flexibility index (Phi) is 2.87. The number of pyridine rings is 1. The summed E-state index contributed by atoms with van der Waals surface area (Å²) in [6, 6.07) is 6.24. The first-order valence-corrected chi connectivity index (χ1v) is 5.10. The highest BCUT2D eigenvalue weighted by atomic mass is 19.1. The number of rotatable bonds is 2. The molecule has 0 amide bonds. The Morgan fingerprint density at radius 2 is 2.12 bits per heavy atom. The number of anilines is 1. The van der Waals surface area contributed by atoms with Gasteiger partial charge in [0.15, 0.2) is 11.6 Å². The number of aromatic nitrogens is 1. The van der Waals surface area contributed by atoms with Crippen molar-refractivity contribution in [1.29, 1.82) is 0 Å². The zero-order valence-corrected chi connectivity index (χ0v) is 9.27. The molecule has 2 aromatic rings. The van der Waals surface area contributed by atoms with Gasteiger partial charge in [0, 0.05) is 17.4 Å². The molecule has 0 atom stereocenters. The van der Waals surface area contributed by atoms with Crippen LogP contribution in [0.5, 0.6) is 0 Å². The van der Waals surface area contributed by atoms with Gasteiger partial charge in [0.2, 0.25) is 0 Å². The van der Waals surface area contributed by atoms with E-state index < -0.39 is 5.82 Å². The molecule has 0 aliphatic carbocycles. The number of aryl methyl sites for hydroxylation is 1. The quantitative estimate of drug-likeness (QED) is 0.636. The van der Waals surface area contributed by atoms with E-state index in [1.54, 1.807) is 25.1 Å². The van der Waals surface area contributed by atoms with Crippen LogP contribution in [0.15, 0.2) is 36.7 Å². The molecule has 4 heteroatoms. The van der Waals surface area contributed by atoms with Gasteiger partial charge in [-0.2, -0.15) is 0 Å². The second-order valence-electron chi connectivity index (χ2n) is 3.76. The summed E-state index contributed by atoms with van der Waals surface area (Å²) in [6.07, 6.45) is 2.41. The van der Waals surface area contributed by atoms with Gasteiger partial charge in [0.1, 0.15) is 0 Å². The maximum absolute atomic E-state index is 13.4. The Bertz CT molecular complexity index is 581. The highest BCUT2D eigenvalue weighted by Gasteiger charge is 2.14. The number of nitrogen functional groups attached to an aromatic ring is 1. The molecular weight excluding hydrogens is 219 g/mol. The first kappa shape index (κ1) is 11.3. The second kappa shape index (κ2) is 4.33. The topological polar surface area (TPSA) is 56.0 Å². The first-order valence-electron chi connectivity index (χ1n) is 5.10. The SMILES string of the molecule is Cc1cc(C(=O)c2ccncc2F)ccc1N. The minimum Gasteiger partial charge on any atom is -0.399 e. The molecule has 17 heavy (non-hydrogen) atoms. The molecule has 0 unspecified atom stereocenters. The Morgan fingerprint density at radius 1 is 1.35 bits per heavy atom. The zero-order valence-electron chi connectivity index (χ0n) is 9.27. The summed E-state index contributed by atoms with van der Waals surface area (Å²) in [5, 5.41) is 0. The van der Waals surface area contributed by atoms with E-state index in [1.807, 2.05) is 0 Å². The zero-order chi connectivity index (χ0) is 12.4. The smallest absolute Gasteiger partial charge is 0.196 e. The fourth-order valence-electron chi connectivity index (χ4n) is 1.53. The van der Waals surface area contributed by atoms with Crippen molar-refractivity contribution >= 4 is 11.5 Å². The van der Waals surface area contributed by atoms with Crippen LogP contribution in [0.2, 0.25) is 0 Å². The summed E-state index contributed by atoms with van der Waals surface area (Å²) in [5.41, 5.74) is 7.50. The van der Waals surface area contributed by atoms with E-state index >= 15 is 0 Å². The number of carbonyl (C=O) groups is 1. The minimum absolute atomic E-state index is 0.0178. The molecule has 1 aromatic carbocycles. The minimum atomic E-state index is -0.619. The van der Waals surface area contributed by atoms with Crippen molar-refractivity contribution in [1.82, 2.24) is 4.98 Å². The van der Waals surface area contributed by atoms with Crippen molar-refractivity contribution in [2.75, 3.05) is 5.73 Å². The Morgan fingerprint density at radius 3 is 2.76 bits per heavy atom. The van der Waals surface area contributed by atoms with E-state index in [0.29, 0.717) is 11.3 Å². The highest BCUT2D eigenvalue weighted by Crippen LogP contribution is 2.17. The van der Waals surface area contributed by atoms with Crippen LogP contribution < -0.4 is 5.73 Å². The van der Waals surface area contributed by atoms with Gasteiger partial charge < -0.3 is 5.73 Å². The molecule has 2 N–H and O–H groups in total. The number of nitrogens with two attached hydrogens (primary N) is 1. The van der Waals surface area contributed by atoms with Crippen molar-refractivity contribution in [2.24, 2.45) is 0 Å². The Hall–Kier alpha value is -2.23. The average Bonchev–Trinajstić information content (AvgIpc) is 2.32. The molecule has 0 fully saturated rings. The number of hydrogen-bond donors (Lipinski definition) is 1. The normalized spacial score (nSPS) is 10.2. The maximum atomic E-state index is 13.4. The fraction of sp³-hybridized carbons (Fsp3) is 0.0769. The molecule has 2 rings (SSSR count). The van der Waals surface area contributed by atoms with Crippen molar-refractivity contribution in [2.45, 2.75) is 6.92 Å². The van der Waals surface area contributed by atoms with E-state index in [1.165, 1.54) is 12.3 Å². The number of nitrogens with zero attached hydrogens (tertiary/aromatic N) is 1. The lowest BCUT2D eigenvalue weighted by Gasteiger charge is -2.05. The molecule has 1 aromatic heterocycles. The third-order valence-corrected chi connectivity index (χ3v) is 2.55. The van der Waals surface area contributed by atoms with Gasteiger partial charge in [-0.1, -0.05) is 0 Å². The molecule has 0 spiro atoms. The molecule has 0 saturated carbocycles. The molecule has 0 aliphatic heterocycles. The van der Waals surface area contributed by atoms with Gasteiger partial charge in [-0.3, -0.25) is 9.78 Å². The summed E-state index contributed by atoms with van der Waals surface area (Å²) in [6.45, 7) is 1.80. The monoisotopic (exact) mass is 230 g/mol. The van der Waals surface area contributed by atoms with E-state index in [9.17, 15) is 9.18 Å². The summed E-state index contributed by atoms with van der Waals surface area (Å²) >= 11 is 0. The molecule has 0 radical (unpaired) electrons. The van der Waals surface area contributed by atoms with Crippen molar-refractivity contribution in [3.63, 3.8) is 0 Å². The lowest BCUT2D eigenvalue weighted by Crippen LogP contribution is -2.05. The predicted octanol–water partition coefficient (Wildman–Crippen LogP) is 2.34. The summed E-state index contributed by atoms with van der Waals surface area (Å²) in [5.74, 6) is -0.986. The third-order valence-electron chi connectivity index (χ3n) is 2.55. The Labute approximate surface area is 98.1 Å². The van der Waals surface area contributed by atoms with Crippen molar-refractivity contribution in [3.8, 4) is 0 Å². The van der Waals surface area contributed by atoms with Crippen LogP contribution in [0.1, 0.15) is 21.5 Å². The van der Waals surface area contributed by atoms with Crippen LogP contribution in [-0.4, -0.2) is 10.8 Å².